The van der Waals surface area contributed by atoms with E-state index in [-0.39, 0.29) is 11.9 Å². The quantitative estimate of drug-likeness (QED) is 0.386. The van der Waals surface area contributed by atoms with Crippen LogP contribution in [-0.2, 0) is 22.4 Å². The van der Waals surface area contributed by atoms with E-state index in [4.69, 9.17) is 4.74 Å². The molecule has 160 valence electrons. The molecule has 4 heteroatoms. The molecule has 1 aliphatic carbocycles. The van der Waals surface area contributed by atoms with Gasteiger partial charge in [0.25, 0.3) is 0 Å². The van der Waals surface area contributed by atoms with Crippen molar-refractivity contribution in [2.75, 3.05) is 19.5 Å². The van der Waals surface area contributed by atoms with E-state index >= 15 is 0 Å². The maximum absolute atomic E-state index is 12.9. The number of anilines is 1. The normalized spacial score (nSPS) is 14.7. The van der Waals surface area contributed by atoms with Gasteiger partial charge in [-0.15, -0.1) is 11.3 Å². The minimum Gasteiger partial charge on any atom is -0.469 e. The lowest BCUT2D eigenvalue weighted by molar-refractivity contribution is -0.144. The first-order valence-corrected chi connectivity index (χ1v) is 11.6. The molecule has 0 radical (unpaired) electrons. The number of hydrogen-bond donors (Lipinski definition) is 1. The van der Waals surface area contributed by atoms with Crippen LogP contribution in [0.2, 0.25) is 0 Å². The Kier molecular flexibility index (Phi) is 7.19. The molecular formula is C26H33NO2S. The summed E-state index contributed by atoms with van der Waals surface area (Å²) >= 11 is 1.91. The van der Waals surface area contributed by atoms with E-state index in [1.54, 1.807) is 0 Å². The molecule has 3 rings (SSSR count). The fraction of sp³-hybridized carbons (Fsp3) is 0.423. The summed E-state index contributed by atoms with van der Waals surface area (Å²) in [6.45, 7) is 10.7. The lowest BCUT2D eigenvalue weighted by Crippen LogP contribution is -2.21. The van der Waals surface area contributed by atoms with Crippen LogP contribution in [0.5, 0.6) is 0 Å². The Balaban J connectivity index is 2.35. The molecule has 1 heterocycles. The van der Waals surface area contributed by atoms with Crippen molar-refractivity contribution >= 4 is 28.6 Å². The third-order valence-electron chi connectivity index (χ3n) is 5.95. The van der Waals surface area contributed by atoms with Crippen molar-refractivity contribution in [3.63, 3.8) is 0 Å². The summed E-state index contributed by atoms with van der Waals surface area (Å²) in [6.07, 6.45) is 5.12. The second kappa shape index (κ2) is 9.65. The highest BCUT2D eigenvalue weighted by Gasteiger charge is 2.31. The number of methoxy groups -OCH3 is 1. The van der Waals surface area contributed by atoms with E-state index < -0.39 is 0 Å². The molecule has 0 spiro atoms. The molecular weight excluding hydrogens is 390 g/mol. The van der Waals surface area contributed by atoms with Gasteiger partial charge >= 0.3 is 5.97 Å². The zero-order valence-electron chi connectivity index (χ0n) is 18.9. The molecule has 0 bridgehead atoms. The van der Waals surface area contributed by atoms with Gasteiger partial charge in [-0.1, -0.05) is 37.6 Å². The molecule has 0 saturated carbocycles. The Bertz CT molecular complexity index is 966. The van der Waals surface area contributed by atoms with Crippen LogP contribution in [0.3, 0.4) is 0 Å². The van der Waals surface area contributed by atoms with Crippen molar-refractivity contribution in [2.24, 2.45) is 5.92 Å². The van der Waals surface area contributed by atoms with Crippen LogP contribution < -0.4 is 5.32 Å². The smallest absolute Gasteiger partial charge is 0.313 e. The summed E-state index contributed by atoms with van der Waals surface area (Å²) in [5, 5.41) is 3.20. The number of ether oxygens (including phenoxy) is 1. The number of thiophene rings is 1. The molecule has 1 atom stereocenters. The second-order valence-corrected chi connectivity index (χ2v) is 9.36. The number of benzene rings is 1. The number of nitrogens with one attached hydrogen (secondary N) is 1. The highest BCUT2D eigenvalue weighted by molar-refractivity contribution is 7.12. The molecule has 1 aromatic heterocycles. The third-order valence-corrected chi connectivity index (χ3v) is 7.16. The number of rotatable bonds is 8. The molecule has 3 nitrogen and oxygen atoms in total. The molecule has 0 saturated heterocycles. The number of carbonyl (C=O) groups excluding carboxylic acids is 1. The fourth-order valence-electron chi connectivity index (χ4n) is 4.60. The number of hydrogen-bond acceptors (Lipinski definition) is 4. The molecule has 1 N–H and O–H groups in total. The average molecular weight is 424 g/mol. The summed E-state index contributed by atoms with van der Waals surface area (Å²) < 4.78 is 5.24. The lowest BCUT2D eigenvalue weighted by atomic mass is 9.80. The van der Waals surface area contributed by atoms with Crippen LogP contribution in [0, 0.1) is 12.8 Å². The predicted octanol–water partition coefficient (Wildman–Crippen LogP) is 6.55. The number of esters is 1. The SMILES string of the molecule is C=C(C)/C(=C(/c1ccc(NC)cc1)c1c(C)sc2c1CCC2)C(CCC)C(=O)OC. The summed E-state index contributed by atoms with van der Waals surface area (Å²) in [6, 6.07) is 8.51. The van der Waals surface area contributed by atoms with Crippen molar-refractivity contribution in [1.82, 2.24) is 0 Å². The Labute approximate surface area is 184 Å². The minimum absolute atomic E-state index is 0.177. The second-order valence-electron chi connectivity index (χ2n) is 8.05. The van der Waals surface area contributed by atoms with Crippen LogP contribution in [0.4, 0.5) is 5.69 Å². The predicted molar refractivity (Wildman–Crippen MR) is 128 cm³/mol. The Hall–Kier alpha value is -2.33. The number of fused-ring (bicyclic) bond motifs is 1. The first-order chi connectivity index (χ1) is 14.4. The van der Waals surface area contributed by atoms with Crippen molar-refractivity contribution in [3.8, 4) is 0 Å². The van der Waals surface area contributed by atoms with Gasteiger partial charge in [0.1, 0.15) is 0 Å². The van der Waals surface area contributed by atoms with Gasteiger partial charge in [0.15, 0.2) is 0 Å². The lowest BCUT2D eigenvalue weighted by Gasteiger charge is -2.24. The molecule has 2 aromatic rings. The Morgan fingerprint density at radius 3 is 2.53 bits per heavy atom. The molecule has 0 aliphatic heterocycles. The van der Waals surface area contributed by atoms with Crippen molar-refractivity contribution < 1.29 is 9.53 Å². The van der Waals surface area contributed by atoms with Crippen molar-refractivity contribution in [1.29, 1.82) is 0 Å². The first kappa shape index (κ1) is 22.4. The topological polar surface area (TPSA) is 38.3 Å². The van der Waals surface area contributed by atoms with E-state index in [1.165, 1.54) is 34.4 Å². The standard InChI is InChI=1S/C26H33NO2S/c1-7-9-21(26(28)29-6)23(16(2)3)25(18-12-14-19(27-5)15-13-18)24-17(4)30-22-11-8-10-20(22)24/h12-15,21,27H,2,7-11H2,1,3-6H3/b25-23+. The van der Waals surface area contributed by atoms with Crippen LogP contribution in [-0.4, -0.2) is 20.1 Å². The zero-order chi connectivity index (χ0) is 21.8. The minimum atomic E-state index is -0.312. The van der Waals surface area contributed by atoms with Gasteiger partial charge in [-0.3, -0.25) is 4.79 Å². The van der Waals surface area contributed by atoms with Gasteiger partial charge in [-0.25, -0.2) is 0 Å². The number of aryl methyl sites for hydroxylation is 2. The van der Waals surface area contributed by atoms with Crippen LogP contribution in [0.25, 0.3) is 5.57 Å². The van der Waals surface area contributed by atoms with Gasteiger partial charge in [-0.05, 0) is 79.5 Å². The molecule has 0 fully saturated rings. The van der Waals surface area contributed by atoms with Gasteiger partial charge in [0.05, 0.1) is 13.0 Å². The van der Waals surface area contributed by atoms with E-state index in [0.717, 1.165) is 53.7 Å². The third kappa shape index (κ3) is 4.24. The molecule has 1 unspecified atom stereocenters. The largest absolute Gasteiger partial charge is 0.469 e. The maximum atomic E-state index is 12.9. The summed E-state index contributed by atoms with van der Waals surface area (Å²) in [7, 11) is 3.41. The molecule has 1 aromatic carbocycles. The number of carbonyl (C=O) groups is 1. The van der Waals surface area contributed by atoms with Gasteiger partial charge in [0, 0.05) is 22.5 Å². The first-order valence-electron chi connectivity index (χ1n) is 10.8. The van der Waals surface area contributed by atoms with E-state index in [0.29, 0.717) is 0 Å². The average Bonchev–Trinajstić information content (AvgIpc) is 3.30. The summed E-state index contributed by atoms with van der Waals surface area (Å²) in [5.41, 5.74) is 8.09. The Morgan fingerprint density at radius 2 is 1.97 bits per heavy atom. The van der Waals surface area contributed by atoms with Crippen molar-refractivity contribution in [2.45, 2.75) is 52.9 Å². The van der Waals surface area contributed by atoms with E-state index in [9.17, 15) is 4.79 Å². The van der Waals surface area contributed by atoms with E-state index in [2.05, 4.69) is 50.0 Å². The summed E-state index contributed by atoms with van der Waals surface area (Å²) in [4.78, 5) is 15.7. The molecule has 30 heavy (non-hydrogen) atoms. The monoisotopic (exact) mass is 423 g/mol. The van der Waals surface area contributed by atoms with Crippen molar-refractivity contribution in [3.05, 3.63) is 68.4 Å². The Morgan fingerprint density at radius 1 is 1.27 bits per heavy atom. The molecule has 0 amide bonds. The van der Waals surface area contributed by atoms with Gasteiger partial charge in [0.2, 0.25) is 0 Å². The van der Waals surface area contributed by atoms with Crippen LogP contribution >= 0.6 is 11.3 Å². The van der Waals surface area contributed by atoms with Crippen LogP contribution in [0.1, 0.15) is 59.6 Å². The van der Waals surface area contributed by atoms with Gasteiger partial charge < -0.3 is 10.1 Å². The number of allylic oxidation sites excluding steroid dienone is 1. The van der Waals surface area contributed by atoms with Gasteiger partial charge in [-0.2, -0.15) is 0 Å². The van der Waals surface area contributed by atoms with Crippen LogP contribution in [0.15, 0.2) is 42.0 Å². The maximum Gasteiger partial charge on any atom is 0.313 e. The zero-order valence-corrected chi connectivity index (χ0v) is 19.7. The molecule has 1 aliphatic rings. The fourth-order valence-corrected chi connectivity index (χ4v) is 5.87. The highest BCUT2D eigenvalue weighted by atomic mass is 32.1. The summed E-state index contributed by atoms with van der Waals surface area (Å²) in [5.74, 6) is -0.489. The van der Waals surface area contributed by atoms with E-state index in [1.807, 2.05) is 25.3 Å². The highest BCUT2D eigenvalue weighted by Crippen LogP contribution is 2.45.